The molecular formula is C49H40N2OS. The summed E-state index contributed by atoms with van der Waals surface area (Å²) >= 11 is 1.73. The van der Waals surface area contributed by atoms with Gasteiger partial charge in [-0.25, -0.2) is 4.98 Å². The minimum atomic E-state index is -0.0706. The first-order chi connectivity index (χ1) is 25.7. The molecular weight excluding hydrogens is 665 g/mol. The number of aromatic nitrogens is 1. The summed E-state index contributed by atoms with van der Waals surface area (Å²) in [6, 6.07) is 49.7. The van der Waals surface area contributed by atoms with Crippen molar-refractivity contribution in [3.63, 3.8) is 0 Å². The molecule has 258 valence electrons. The van der Waals surface area contributed by atoms with Crippen molar-refractivity contribution < 1.29 is 4.42 Å². The summed E-state index contributed by atoms with van der Waals surface area (Å²) in [5.74, 6) is 0.477. The van der Waals surface area contributed by atoms with Crippen LogP contribution in [0.2, 0.25) is 0 Å². The van der Waals surface area contributed by atoms with E-state index in [0.29, 0.717) is 5.92 Å². The van der Waals surface area contributed by atoms with Gasteiger partial charge in [-0.15, -0.1) is 11.3 Å². The van der Waals surface area contributed by atoms with E-state index in [1.165, 1.54) is 33.0 Å². The Morgan fingerprint density at radius 1 is 0.679 bits per heavy atom. The van der Waals surface area contributed by atoms with Gasteiger partial charge in [0.2, 0.25) is 0 Å². The van der Waals surface area contributed by atoms with Crippen LogP contribution in [0.25, 0.3) is 75.8 Å². The Morgan fingerprint density at radius 3 is 2.21 bits per heavy atom. The molecule has 2 aromatic heterocycles. The number of aliphatic imine (C=N–C) groups is 1. The van der Waals surface area contributed by atoms with Crippen LogP contribution in [-0.4, -0.2) is 11.2 Å². The average molecular weight is 705 g/mol. The van der Waals surface area contributed by atoms with Crippen LogP contribution in [0.1, 0.15) is 57.2 Å². The molecule has 53 heavy (non-hydrogen) atoms. The molecule has 0 radical (unpaired) electrons. The predicted molar refractivity (Wildman–Crippen MR) is 227 cm³/mol. The van der Waals surface area contributed by atoms with Crippen LogP contribution in [0.3, 0.4) is 0 Å². The maximum atomic E-state index is 6.81. The number of nitrogens with zero attached hydrogens (tertiary/aromatic N) is 2. The summed E-state index contributed by atoms with van der Waals surface area (Å²) < 4.78 is 7.95. The van der Waals surface area contributed by atoms with Crippen molar-refractivity contribution >= 4 is 66.2 Å². The molecule has 0 bridgehead atoms. The zero-order chi connectivity index (χ0) is 36.3. The van der Waals surface area contributed by atoms with E-state index in [2.05, 4.69) is 162 Å². The first kappa shape index (κ1) is 33.0. The fourth-order valence-corrected chi connectivity index (χ4v) is 8.45. The fraction of sp³-hybridized carbons (Fsp3) is 0.143. The summed E-state index contributed by atoms with van der Waals surface area (Å²) in [5, 5.41) is 5.58. The monoisotopic (exact) mass is 704 g/mol. The van der Waals surface area contributed by atoms with Gasteiger partial charge in [0.05, 0.1) is 15.9 Å². The average Bonchev–Trinajstić information content (AvgIpc) is 3.79. The van der Waals surface area contributed by atoms with E-state index in [1.54, 1.807) is 11.3 Å². The van der Waals surface area contributed by atoms with Crippen LogP contribution in [0, 0.1) is 0 Å². The van der Waals surface area contributed by atoms with Gasteiger partial charge >= 0.3 is 0 Å². The van der Waals surface area contributed by atoms with Crippen molar-refractivity contribution in [2.75, 3.05) is 0 Å². The molecule has 0 aliphatic rings. The molecule has 0 aliphatic heterocycles. The highest BCUT2D eigenvalue weighted by molar-refractivity contribution is 7.21. The van der Waals surface area contributed by atoms with Gasteiger partial charge in [-0.1, -0.05) is 138 Å². The van der Waals surface area contributed by atoms with E-state index in [9.17, 15) is 0 Å². The molecule has 0 spiro atoms. The number of hydrogen-bond acceptors (Lipinski definition) is 4. The lowest BCUT2D eigenvalue weighted by Crippen LogP contribution is -2.11. The largest absolute Gasteiger partial charge is 0.455 e. The molecule has 0 unspecified atom stereocenters. The van der Waals surface area contributed by atoms with Crippen LogP contribution >= 0.6 is 11.3 Å². The number of para-hydroxylation sites is 2. The maximum Gasteiger partial charge on any atom is 0.143 e. The lowest BCUT2D eigenvalue weighted by molar-refractivity contribution is 0.591. The topological polar surface area (TPSA) is 38.4 Å². The van der Waals surface area contributed by atoms with Crippen molar-refractivity contribution in [3.05, 3.63) is 156 Å². The molecule has 2 heterocycles. The normalized spacial score (nSPS) is 12.3. The number of furan rings is 1. The highest BCUT2D eigenvalue weighted by Crippen LogP contribution is 2.46. The Balaban J connectivity index is 1.23. The second-order valence-corrected chi connectivity index (χ2v) is 16.3. The van der Waals surface area contributed by atoms with Crippen molar-refractivity contribution in [2.45, 2.75) is 46.0 Å². The Hall–Kier alpha value is -5.84. The summed E-state index contributed by atoms with van der Waals surface area (Å²) in [6.45, 7) is 11.3. The van der Waals surface area contributed by atoms with E-state index >= 15 is 0 Å². The lowest BCUT2D eigenvalue weighted by atomic mass is 9.84. The maximum absolute atomic E-state index is 6.81. The van der Waals surface area contributed by atoms with Crippen LogP contribution in [-0.2, 0) is 5.41 Å². The third-order valence-corrected chi connectivity index (χ3v) is 11.4. The number of fused-ring (bicyclic) bond motifs is 5. The first-order valence-electron chi connectivity index (χ1n) is 18.3. The second-order valence-electron chi connectivity index (χ2n) is 15.2. The van der Waals surface area contributed by atoms with Crippen LogP contribution in [0.15, 0.2) is 149 Å². The number of benzene rings is 7. The van der Waals surface area contributed by atoms with Crippen molar-refractivity contribution in [1.29, 1.82) is 0 Å². The minimum absolute atomic E-state index is 0.0706. The predicted octanol–water partition coefficient (Wildman–Crippen LogP) is 14.5. The van der Waals surface area contributed by atoms with Crippen LogP contribution < -0.4 is 0 Å². The summed E-state index contributed by atoms with van der Waals surface area (Å²) in [5.41, 5.74) is 12.8. The fourth-order valence-electron chi connectivity index (χ4n) is 7.38. The van der Waals surface area contributed by atoms with E-state index in [-0.39, 0.29) is 5.41 Å². The summed E-state index contributed by atoms with van der Waals surface area (Å²) in [4.78, 5) is 10.5. The number of rotatable bonds is 6. The molecule has 0 aliphatic carbocycles. The Labute approximate surface area is 314 Å². The van der Waals surface area contributed by atoms with E-state index in [4.69, 9.17) is 14.4 Å². The van der Waals surface area contributed by atoms with Crippen molar-refractivity contribution in [3.8, 4) is 32.8 Å². The highest BCUT2D eigenvalue weighted by atomic mass is 32.1. The molecule has 0 saturated carbocycles. The van der Waals surface area contributed by atoms with Gasteiger partial charge in [-0.05, 0) is 80.8 Å². The molecule has 9 rings (SSSR count). The summed E-state index contributed by atoms with van der Waals surface area (Å²) in [6.07, 6.45) is 1.98. The molecule has 7 aromatic carbocycles. The second kappa shape index (κ2) is 13.0. The smallest absolute Gasteiger partial charge is 0.143 e. The van der Waals surface area contributed by atoms with Crippen LogP contribution in [0.4, 0.5) is 5.69 Å². The quantitative estimate of drug-likeness (QED) is 0.162. The Kier molecular flexibility index (Phi) is 8.09. The first-order valence-corrected chi connectivity index (χ1v) is 19.2. The van der Waals surface area contributed by atoms with Gasteiger partial charge in [-0.2, -0.15) is 0 Å². The minimum Gasteiger partial charge on any atom is -0.455 e. The molecule has 3 nitrogen and oxygen atoms in total. The van der Waals surface area contributed by atoms with Gasteiger partial charge in [0, 0.05) is 39.2 Å². The molecule has 0 fully saturated rings. The Morgan fingerprint density at radius 2 is 1.40 bits per heavy atom. The molecule has 0 saturated heterocycles. The molecule has 0 amide bonds. The zero-order valence-electron chi connectivity index (χ0n) is 30.6. The molecule has 4 heteroatoms. The third-order valence-electron chi connectivity index (χ3n) is 10.4. The van der Waals surface area contributed by atoms with Gasteiger partial charge < -0.3 is 4.42 Å². The number of thiazole rings is 1. The van der Waals surface area contributed by atoms with Crippen LogP contribution in [0.5, 0.6) is 0 Å². The van der Waals surface area contributed by atoms with Gasteiger partial charge in [-0.3, -0.25) is 4.99 Å². The van der Waals surface area contributed by atoms with Crippen molar-refractivity contribution in [2.24, 2.45) is 4.99 Å². The SMILES string of the molecule is CC(C)c1ccc(-c2ccc(-c3cc(C(C)(C)C)cc4sc(-c5ccccc5N=Cc5cccc6ccccc56)nc34)c3oc4ccccc4c23)cc1. The number of hydrogen-bond donors (Lipinski definition) is 0. The van der Waals surface area contributed by atoms with E-state index in [1.807, 2.05) is 18.3 Å². The standard InChI is InChI=1S/C49H40N2OS/c1-30(2)31-21-23-33(24-22-31)37-25-26-38(47-45(37)40-18-9-11-20-43(40)52-47)41-27-35(49(3,4)5)28-44-46(41)51-48(53-44)39-17-8-10-19-42(39)50-29-34-15-12-14-32-13-6-7-16-36(32)34/h6-30H,1-5H3. The molecule has 0 N–H and O–H groups in total. The van der Waals surface area contributed by atoms with Gasteiger partial charge in [0.15, 0.2) is 0 Å². The Bertz CT molecular complexity index is 2840. The van der Waals surface area contributed by atoms with E-state index in [0.717, 1.165) is 65.1 Å². The van der Waals surface area contributed by atoms with Crippen molar-refractivity contribution in [1.82, 2.24) is 4.98 Å². The third kappa shape index (κ3) is 5.93. The lowest BCUT2D eigenvalue weighted by Gasteiger charge is -2.20. The molecule has 0 atom stereocenters. The summed E-state index contributed by atoms with van der Waals surface area (Å²) in [7, 11) is 0. The van der Waals surface area contributed by atoms with E-state index < -0.39 is 0 Å². The highest BCUT2D eigenvalue weighted by Gasteiger charge is 2.24. The zero-order valence-corrected chi connectivity index (χ0v) is 31.5. The molecule has 9 aromatic rings. The van der Waals surface area contributed by atoms with Gasteiger partial charge in [0.25, 0.3) is 0 Å². The van der Waals surface area contributed by atoms with Gasteiger partial charge in [0.1, 0.15) is 16.2 Å².